The summed E-state index contributed by atoms with van der Waals surface area (Å²) in [6, 6.07) is 0.567. The Morgan fingerprint density at radius 2 is 2.11 bits per heavy atom. The van der Waals surface area contributed by atoms with Gasteiger partial charge in [0.1, 0.15) is 0 Å². The van der Waals surface area contributed by atoms with Gasteiger partial charge in [-0.05, 0) is 31.2 Å². The molecule has 0 saturated carbocycles. The predicted molar refractivity (Wildman–Crippen MR) is 80.4 cm³/mol. The number of piperidine rings is 1. The van der Waals surface area contributed by atoms with Crippen LogP contribution in [0.2, 0.25) is 0 Å². The highest BCUT2D eigenvalue weighted by Crippen LogP contribution is 2.32. The quantitative estimate of drug-likeness (QED) is 0.828. The molecular weight excluding hydrogens is 236 g/mol. The molecule has 2 rings (SSSR count). The van der Waals surface area contributed by atoms with Gasteiger partial charge < -0.3 is 15.0 Å². The molecule has 2 aliphatic rings. The first-order valence-electron chi connectivity index (χ1n) is 8.04. The Kier molecular flexibility index (Phi) is 5.27. The number of nitrogens with one attached hydrogen (secondary N) is 1. The lowest BCUT2D eigenvalue weighted by Crippen LogP contribution is -2.49. The van der Waals surface area contributed by atoms with Gasteiger partial charge in [0.05, 0.1) is 6.61 Å². The van der Waals surface area contributed by atoms with Crippen molar-refractivity contribution in [3.05, 3.63) is 0 Å². The largest absolute Gasteiger partial charge is 0.381 e. The van der Waals surface area contributed by atoms with Crippen LogP contribution in [0.1, 0.15) is 40.5 Å². The van der Waals surface area contributed by atoms with Crippen LogP contribution in [-0.2, 0) is 4.74 Å². The molecule has 3 nitrogen and oxygen atoms in total. The molecule has 2 heterocycles. The molecule has 2 aliphatic heterocycles. The van der Waals surface area contributed by atoms with Crippen molar-refractivity contribution in [2.24, 2.45) is 17.3 Å². The van der Waals surface area contributed by atoms with Gasteiger partial charge in [0.15, 0.2) is 0 Å². The van der Waals surface area contributed by atoms with Crippen molar-refractivity contribution >= 4 is 0 Å². The number of hydrogen-bond donors (Lipinski definition) is 1. The van der Waals surface area contributed by atoms with Crippen molar-refractivity contribution < 1.29 is 4.74 Å². The molecule has 1 N–H and O–H groups in total. The summed E-state index contributed by atoms with van der Waals surface area (Å²) in [5.41, 5.74) is 0.352. The first-order valence-corrected chi connectivity index (χ1v) is 8.04. The Hall–Kier alpha value is -0.120. The fourth-order valence-electron chi connectivity index (χ4n) is 3.36. The van der Waals surface area contributed by atoms with Gasteiger partial charge in [-0.3, -0.25) is 0 Å². The summed E-state index contributed by atoms with van der Waals surface area (Å²) in [7, 11) is 0. The van der Waals surface area contributed by atoms with Crippen LogP contribution in [0.25, 0.3) is 0 Å². The lowest BCUT2D eigenvalue weighted by molar-refractivity contribution is 0.0681. The summed E-state index contributed by atoms with van der Waals surface area (Å²) in [5.74, 6) is 1.73. The Morgan fingerprint density at radius 1 is 1.32 bits per heavy atom. The second-order valence-corrected chi connectivity index (χ2v) is 7.32. The second kappa shape index (κ2) is 6.55. The summed E-state index contributed by atoms with van der Waals surface area (Å²) in [6.45, 7) is 16.0. The number of rotatable bonds is 5. The lowest BCUT2D eigenvalue weighted by atomic mass is 9.83. The smallest absolute Gasteiger partial charge is 0.0547 e. The zero-order valence-electron chi connectivity index (χ0n) is 13.2. The average Bonchev–Trinajstić information content (AvgIpc) is 2.81. The number of ether oxygens (including phenoxy) is 1. The third-order valence-electron chi connectivity index (χ3n) is 5.05. The van der Waals surface area contributed by atoms with Gasteiger partial charge in [0.2, 0.25) is 0 Å². The van der Waals surface area contributed by atoms with Crippen LogP contribution >= 0.6 is 0 Å². The first kappa shape index (κ1) is 15.3. The molecule has 0 spiro atoms. The number of nitrogens with zero attached hydrogens (tertiary/aromatic N) is 1. The van der Waals surface area contributed by atoms with Crippen molar-refractivity contribution in [1.29, 1.82) is 0 Å². The molecule has 0 aromatic carbocycles. The standard InChI is InChI=1S/C16H32N2O/c1-13(2)17-10-16(6-8-19-12-16)11-18-7-5-14(3)15(4)9-18/h13-15,17H,5-12H2,1-4H3. The fraction of sp³-hybridized carbons (Fsp3) is 1.00. The minimum Gasteiger partial charge on any atom is -0.381 e. The van der Waals surface area contributed by atoms with Crippen molar-refractivity contribution in [3.8, 4) is 0 Å². The molecule has 0 amide bonds. The van der Waals surface area contributed by atoms with E-state index in [0.717, 1.165) is 31.6 Å². The van der Waals surface area contributed by atoms with Gasteiger partial charge in [-0.2, -0.15) is 0 Å². The first-order chi connectivity index (χ1) is 9.01. The van der Waals surface area contributed by atoms with Crippen LogP contribution in [0.5, 0.6) is 0 Å². The summed E-state index contributed by atoms with van der Waals surface area (Å²) in [4.78, 5) is 2.68. The summed E-state index contributed by atoms with van der Waals surface area (Å²) < 4.78 is 5.72. The predicted octanol–water partition coefficient (Wildman–Crippen LogP) is 2.37. The fourth-order valence-corrected chi connectivity index (χ4v) is 3.36. The van der Waals surface area contributed by atoms with E-state index in [1.807, 2.05) is 0 Å². The van der Waals surface area contributed by atoms with Gasteiger partial charge >= 0.3 is 0 Å². The van der Waals surface area contributed by atoms with E-state index in [2.05, 4.69) is 37.9 Å². The Labute approximate surface area is 119 Å². The van der Waals surface area contributed by atoms with E-state index in [4.69, 9.17) is 4.74 Å². The maximum absolute atomic E-state index is 5.72. The summed E-state index contributed by atoms with van der Waals surface area (Å²) >= 11 is 0. The van der Waals surface area contributed by atoms with E-state index in [0.29, 0.717) is 11.5 Å². The average molecular weight is 268 g/mol. The molecule has 0 aromatic rings. The van der Waals surface area contributed by atoms with Gasteiger partial charge in [-0.25, -0.2) is 0 Å². The Morgan fingerprint density at radius 3 is 2.68 bits per heavy atom. The molecule has 0 aliphatic carbocycles. The van der Waals surface area contributed by atoms with E-state index in [1.54, 1.807) is 0 Å². The molecule has 19 heavy (non-hydrogen) atoms. The Balaban J connectivity index is 1.89. The molecular formula is C16H32N2O. The molecule has 3 heteroatoms. The minimum absolute atomic E-state index is 0.352. The van der Waals surface area contributed by atoms with Gasteiger partial charge in [-0.15, -0.1) is 0 Å². The molecule has 2 fully saturated rings. The summed E-state index contributed by atoms with van der Waals surface area (Å²) in [6.07, 6.45) is 2.57. The maximum atomic E-state index is 5.72. The van der Waals surface area contributed by atoms with Crippen LogP contribution in [0.3, 0.4) is 0 Å². The van der Waals surface area contributed by atoms with E-state index in [9.17, 15) is 0 Å². The lowest BCUT2D eigenvalue weighted by Gasteiger charge is -2.40. The SMILES string of the molecule is CC(C)NCC1(CN2CCC(C)C(C)C2)CCOC1. The third kappa shape index (κ3) is 4.17. The van der Waals surface area contributed by atoms with Gasteiger partial charge in [-0.1, -0.05) is 27.7 Å². The van der Waals surface area contributed by atoms with Gasteiger partial charge in [0.25, 0.3) is 0 Å². The van der Waals surface area contributed by atoms with Crippen molar-refractivity contribution in [1.82, 2.24) is 10.2 Å². The van der Waals surface area contributed by atoms with E-state index < -0.39 is 0 Å². The monoisotopic (exact) mass is 268 g/mol. The van der Waals surface area contributed by atoms with Crippen molar-refractivity contribution in [3.63, 3.8) is 0 Å². The normalized spacial score (nSPS) is 37.1. The molecule has 0 bridgehead atoms. The third-order valence-corrected chi connectivity index (χ3v) is 5.05. The van der Waals surface area contributed by atoms with Crippen LogP contribution in [0.15, 0.2) is 0 Å². The number of hydrogen-bond acceptors (Lipinski definition) is 3. The zero-order valence-corrected chi connectivity index (χ0v) is 13.2. The molecule has 3 atom stereocenters. The highest BCUT2D eigenvalue weighted by Gasteiger charge is 2.37. The van der Waals surface area contributed by atoms with Crippen LogP contribution < -0.4 is 5.32 Å². The molecule has 0 radical (unpaired) electrons. The number of likely N-dealkylation sites (tertiary alicyclic amines) is 1. The zero-order chi connectivity index (χ0) is 13.9. The topological polar surface area (TPSA) is 24.5 Å². The van der Waals surface area contributed by atoms with E-state index >= 15 is 0 Å². The highest BCUT2D eigenvalue weighted by molar-refractivity contribution is 4.90. The maximum Gasteiger partial charge on any atom is 0.0547 e. The van der Waals surface area contributed by atoms with Crippen LogP contribution in [-0.4, -0.2) is 50.3 Å². The summed E-state index contributed by atoms with van der Waals surface area (Å²) in [5, 5.41) is 3.63. The molecule has 0 aromatic heterocycles. The Bertz CT molecular complexity index is 274. The van der Waals surface area contributed by atoms with Crippen LogP contribution in [0.4, 0.5) is 0 Å². The van der Waals surface area contributed by atoms with Crippen molar-refractivity contribution in [2.45, 2.75) is 46.6 Å². The minimum atomic E-state index is 0.352. The molecule has 2 saturated heterocycles. The van der Waals surface area contributed by atoms with E-state index in [-0.39, 0.29) is 0 Å². The van der Waals surface area contributed by atoms with Gasteiger partial charge in [0, 0.05) is 37.7 Å². The van der Waals surface area contributed by atoms with Crippen LogP contribution in [0, 0.1) is 17.3 Å². The molecule has 3 unspecified atom stereocenters. The molecule has 112 valence electrons. The van der Waals surface area contributed by atoms with Crippen molar-refractivity contribution in [2.75, 3.05) is 39.4 Å². The second-order valence-electron chi connectivity index (χ2n) is 7.32. The van der Waals surface area contributed by atoms with E-state index in [1.165, 1.54) is 32.5 Å². The highest BCUT2D eigenvalue weighted by atomic mass is 16.5.